The number of halogens is 1. The Hall–Kier alpha value is -1.75. The third kappa shape index (κ3) is 3.38. The number of aliphatic carboxylic acids is 1. The van der Waals surface area contributed by atoms with Gasteiger partial charge in [0.2, 0.25) is 0 Å². The molecule has 0 radical (unpaired) electrons. The van der Waals surface area contributed by atoms with Gasteiger partial charge in [-0.05, 0) is 25.0 Å². The number of piperidine rings is 1. The van der Waals surface area contributed by atoms with E-state index >= 15 is 0 Å². The number of urea groups is 1. The van der Waals surface area contributed by atoms with Gasteiger partial charge in [0.25, 0.3) is 0 Å². The zero-order valence-electron chi connectivity index (χ0n) is 10.3. The Kier molecular flexibility index (Phi) is 4.27. The highest BCUT2D eigenvalue weighted by atomic mass is 35.5. The molecule has 2 N–H and O–H groups in total. The fourth-order valence-electron chi connectivity index (χ4n) is 2.12. The van der Waals surface area contributed by atoms with Crippen molar-refractivity contribution < 1.29 is 14.7 Å². The normalized spacial score (nSPS) is 19.0. The van der Waals surface area contributed by atoms with Crippen molar-refractivity contribution in [2.75, 3.05) is 18.4 Å². The van der Waals surface area contributed by atoms with Crippen molar-refractivity contribution in [2.24, 2.45) is 5.92 Å². The highest BCUT2D eigenvalue weighted by molar-refractivity contribution is 6.33. The molecule has 0 aliphatic carbocycles. The van der Waals surface area contributed by atoms with Gasteiger partial charge in [-0.1, -0.05) is 23.7 Å². The molecule has 19 heavy (non-hydrogen) atoms. The van der Waals surface area contributed by atoms with Gasteiger partial charge in [0.1, 0.15) is 0 Å². The van der Waals surface area contributed by atoms with E-state index in [0.717, 1.165) is 0 Å². The summed E-state index contributed by atoms with van der Waals surface area (Å²) in [6.45, 7) is 0.811. The number of nitrogens with one attached hydrogen (secondary N) is 1. The molecule has 102 valence electrons. The van der Waals surface area contributed by atoms with E-state index in [0.29, 0.717) is 30.1 Å². The number of para-hydroxylation sites is 1. The molecule has 1 fully saturated rings. The number of carboxylic acids is 1. The number of likely N-dealkylation sites (tertiary alicyclic amines) is 1. The Bertz CT molecular complexity index is 493. The third-order valence-corrected chi connectivity index (χ3v) is 3.50. The predicted octanol–water partition coefficient (Wildman–Crippen LogP) is 2.67. The van der Waals surface area contributed by atoms with Crippen molar-refractivity contribution in [3.63, 3.8) is 0 Å². The van der Waals surface area contributed by atoms with Gasteiger partial charge in [0.05, 0.1) is 16.6 Å². The van der Waals surface area contributed by atoms with Gasteiger partial charge >= 0.3 is 12.0 Å². The van der Waals surface area contributed by atoms with Crippen LogP contribution in [0.25, 0.3) is 0 Å². The maximum Gasteiger partial charge on any atom is 0.321 e. The number of carboxylic acid groups (broad SMARTS) is 1. The van der Waals surface area contributed by atoms with Crippen LogP contribution in [-0.2, 0) is 4.79 Å². The van der Waals surface area contributed by atoms with E-state index in [4.69, 9.17) is 16.7 Å². The summed E-state index contributed by atoms with van der Waals surface area (Å²) < 4.78 is 0. The molecule has 1 saturated heterocycles. The number of hydrogen-bond acceptors (Lipinski definition) is 2. The van der Waals surface area contributed by atoms with Crippen LogP contribution in [-0.4, -0.2) is 35.1 Å². The van der Waals surface area contributed by atoms with Gasteiger partial charge in [-0.2, -0.15) is 0 Å². The Morgan fingerprint density at radius 3 is 2.79 bits per heavy atom. The van der Waals surface area contributed by atoms with Gasteiger partial charge < -0.3 is 15.3 Å². The summed E-state index contributed by atoms with van der Waals surface area (Å²) in [7, 11) is 0. The monoisotopic (exact) mass is 282 g/mol. The van der Waals surface area contributed by atoms with E-state index in [9.17, 15) is 9.59 Å². The van der Waals surface area contributed by atoms with Gasteiger partial charge in [-0.25, -0.2) is 4.79 Å². The van der Waals surface area contributed by atoms with Crippen molar-refractivity contribution in [3.8, 4) is 0 Å². The standard InChI is InChI=1S/C13H15ClN2O3/c14-10-5-1-2-6-11(10)15-13(19)16-7-3-4-9(8-16)12(17)18/h1-2,5-6,9H,3-4,7-8H2,(H,15,19)(H,17,18)/t9-/m1/s1. The van der Waals surface area contributed by atoms with Crippen molar-refractivity contribution in [1.82, 2.24) is 4.90 Å². The molecule has 2 amide bonds. The molecule has 1 heterocycles. The summed E-state index contributed by atoms with van der Waals surface area (Å²) in [5.41, 5.74) is 0.534. The van der Waals surface area contributed by atoms with Crippen LogP contribution < -0.4 is 5.32 Å². The summed E-state index contributed by atoms with van der Waals surface area (Å²) in [4.78, 5) is 24.5. The first-order chi connectivity index (χ1) is 9.08. The number of anilines is 1. The van der Waals surface area contributed by atoms with E-state index < -0.39 is 11.9 Å². The Morgan fingerprint density at radius 1 is 1.37 bits per heavy atom. The van der Waals surface area contributed by atoms with E-state index in [1.54, 1.807) is 24.3 Å². The molecular weight excluding hydrogens is 268 g/mol. The van der Waals surface area contributed by atoms with Crippen molar-refractivity contribution in [3.05, 3.63) is 29.3 Å². The third-order valence-electron chi connectivity index (χ3n) is 3.17. The summed E-state index contributed by atoms with van der Waals surface area (Å²) >= 11 is 5.96. The van der Waals surface area contributed by atoms with Gasteiger partial charge in [-0.3, -0.25) is 4.79 Å². The molecule has 1 atom stereocenters. The molecule has 1 aliphatic heterocycles. The fourth-order valence-corrected chi connectivity index (χ4v) is 2.30. The SMILES string of the molecule is O=C(O)[C@@H]1CCCN(C(=O)Nc2ccccc2Cl)C1. The molecule has 6 heteroatoms. The van der Waals surface area contributed by atoms with Gasteiger partial charge in [0.15, 0.2) is 0 Å². The second-order valence-corrected chi connectivity index (χ2v) is 4.94. The quantitative estimate of drug-likeness (QED) is 0.876. The number of amides is 2. The number of benzene rings is 1. The van der Waals surface area contributed by atoms with Crippen LogP contribution in [0.4, 0.5) is 10.5 Å². The zero-order valence-corrected chi connectivity index (χ0v) is 11.1. The first-order valence-corrected chi connectivity index (χ1v) is 6.49. The molecule has 0 bridgehead atoms. The topological polar surface area (TPSA) is 69.6 Å². The molecule has 1 aliphatic rings. The number of nitrogens with zero attached hydrogens (tertiary/aromatic N) is 1. The van der Waals surface area contributed by atoms with Gasteiger partial charge in [-0.15, -0.1) is 0 Å². The van der Waals surface area contributed by atoms with Crippen LogP contribution >= 0.6 is 11.6 Å². The maximum absolute atomic E-state index is 12.1. The second-order valence-electron chi connectivity index (χ2n) is 4.53. The molecule has 0 spiro atoms. The van der Waals surface area contributed by atoms with Crippen molar-refractivity contribution in [1.29, 1.82) is 0 Å². The lowest BCUT2D eigenvalue weighted by molar-refractivity contribution is -0.143. The number of carbonyl (C=O) groups excluding carboxylic acids is 1. The lowest BCUT2D eigenvalue weighted by Gasteiger charge is -2.30. The van der Waals surface area contributed by atoms with E-state index in [1.165, 1.54) is 4.90 Å². The van der Waals surface area contributed by atoms with E-state index in [2.05, 4.69) is 5.32 Å². The highest BCUT2D eigenvalue weighted by Gasteiger charge is 2.28. The smallest absolute Gasteiger partial charge is 0.321 e. The maximum atomic E-state index is 12.1. The zero-order chi connectivity index (χ0) is 13.8. The van der Waals surface area contributed by atoms with Crippen molar-refractivity contribution >= 4 is 29.3 Å². The molecule has 5 nitrogen and oxygen atoms in total. The first kappa shape index (κ1) is 13.7. The lowest BCUT2D eigenvalue weighted by atomic mass is 9.99. The summed E-state index contributed by atoms with van der Waals surface area (Å²) in [6, 6.07) is 6.64. The minimum absolute atomic E-state index is 0.242. The second kappa shape index (κ2) is 5.93. The minimum atomic E-state index is -0.852. The van der Waals surface area contributed by atoms with Crippen LogP contribution in [0.5, 0.6) is 0 Å². The molecule has 0 unspecified atom stereocenters. The molecule has 1 aromatic rings. The minimum Gasteiger partial charge on any atom is -0.481 e. The largest absolute Gasteiger partial charge is 0.481 e. The number of hydrogen-bond donors (Lipinski definition) is 2. The molecule has 0 aromatic heterocycles. The molecular formula is C13H15ClN2O3. The van der Waals surface area contributed by atoms with Crippen molar-refractivity contribution in [2.45, 2.75) is 12.8 Å². The Morgan fingerprint density at radius 2 is 2.11 bits per heavy atom. The van der Waals surface area contributed by atoms with Crippen LogP contribution in [0.3, 0.4) is 0 Å². The fraction of sp³-hybridized carbons (Fsp3) is 0.385. The van der Waals surface area contributed by atoms with Gasteiger partial charge in [0, 0.05) is 13.1 Å². The average Bonchev–Trinajstić information content (AvgIpc) is 2.41. The average molecular weight is 283 g/mol. The predicted molar refractivity (Wildman–Crippen MR) is 72.4 cm³/mol. The van der Waals surface area contributed by atoms with E-state index in [-0.39, 0.29) is 12.6 Å². The Labute approximate surface area is 116 Å². The summed E-state index contributed by atoms with van der Waals surface area (Å²) in [5.74, 6) is -1.33. The van der Waals surface area contributed by atoms with E-state index in [1.807, 2.05) is 0 Å². The molecule has 2 rings (SSSR count). The first-order valence-electron chi connectivity index (χ1n) is 6.11. The summed E-state index contributed by atoms with van der Waals surface area (Å²) in [6.07, 6.45) is 1.32. The number of rotatable bonds is 2. The van der Waals surface area contributed by atoms with Crippen LogP contribution in [0.2, 0.25) is 5.02 Å². The number of carbonyl (C=O) groups is 2. The molecule has 1 aromatic carbocycles. The summed E-state index contributed by atoms with van der Waals surface area (Å²) in [5, 5.41) is 12.2. The highest BCUT2D eigenvalue weighted by Crippen LogP contribution is 2.22. The lowest BCUT2D eigenvalue weighted by Crippen LogP contribution is -2.44. The van der Waals surface area contributed by atoms with Crippen LogP contribution in [0.15, 0.2) is 24.3 Å². The molecule has 0 saturated carbocycles. The van der Waals surface area contributed by atoms with Crippen LogP contribution in [0.1, 0.15) is 12.8 Å². The Balaban J connectivity index is 2.00. The van der Waals surface area contributed by atoms with Crippen LogP contribution in [0, 0.1) is 5.92 Å².